The van der Waals surface area contributed by atoms with E-state index >= 15 is 0 Å². The molecule has 2 aromatic rings. The minimum atomic E-state index is -1.73. The van der Waals surface area contributed by atoms with Crippen molar-refractivity contribution in [2.75, 3.05) is 7.11 Å². The smallest absolute Gasteiger partial charge is 0.490 e. The average molecular weight is 408 g/mol. The molecule has 1 saturated heterocycles. The fourth-order valence-corrected chi connectivity index (χ4v) is 6.20. The zero-order chi connectivity index (χ0) is 21.3. The van der Waals surface area contributed by atoms with Gasteiger partial charge in [0.15, 0.2) is 0 Å². The van der Waals surface area contributed by atoms with E-state index in [9.17, 15) is 0 Å². The fourth-order valence-electron chi connectivity index (χ4n) is 3.61. The topological polar surface area (TPSA) is 27.7 Å². The van der Waals surface area contributed by atoms with Gasteiger partial charge in [-0.05, 0) is 56.9 Å². The van der Waals surface area contributed by atoms with E-state index < -0.39 is 8.07 Å². The minimum Gasteiger partial charge on any atom is -0.497 e. The lowest BCUT2D eigenvalue weighted by atomic mass is 9.78. The molecule has 3 nitrogen and oxygen atoms in total. The highest BCUT2D eigenvalue weighted by atomic mass is 28.3. The van der Waals surface area contributed by atoms with Crippen LogP contribution in [0.5, 0.6) is 5.75 Å². The van der Waals surface area contributed by atoms with E-state index in [2.05, 4.69) is 89.3 Å². The Labute approximate surface area is 177 Å². The summed E-state index contributed by atoms with van der Waals surface area (Å²) in [6.45, 7) is 13.3. The minimum absolute atomic E-state index is 0.336. The van der Waals surface area contributed by atoms with Crippen molar-refractivity contribution in [1.82, 2.24) is 0 Å². The standard InChI is InChI=1S/C24H33BO3Si/c1-23(2)24(3,4)28-25(27-23)20(17-19-13-15-21(26-5)16-14-19)18-29(6,7)22-11-9-8-10-12-22/h8-17H,18H2,1-7H3. The van der Waals surface area contributed by atoms with E-state index in [-0.39, 0.29) is 18.3 Å². The molecule has 0 amide bonds. The van der Waals surface area contributed by atoms with E-state index in [1.165, 1.54) is 10.7 Å². The van der Waals surface area contributed by atoms with Crippen LogP contribution in [0.1, 0.15) is 33.3 Å². The van der Waals surface area contributed by atoms with Crippen molar-refractivity contribution in [3.05, 3.63) is 65.6 Å². The predicted molar refractivity (Wildman–Crippen MR) is 125 cm³/mol. The zero-order valence-electron chi connectivity index (χ0n) is 18.8. The first-order valence-electron chi connectivity index (χ1n) is 10.3. The second kappa shape index (κ2) is 8.13. The van der Waals surface area contributed by atoms with Gasteiger partial charge in [-0.1, -0.05) is 66.8 Å². The van der Waals surface area contributed by atoms with Crippen molar-refractivity contribution < 1.29 is 14.0 Å². The molecule has 0 atom stereocenters. The Balaban J connectivity index is 1.96. The van der Waals surface area contributed by atoms with Gasteiger partial charge in [-0.2, -0.15) is 0 Å². The van der Waals surface area contributed by atoms with Crippen molar-refractivity contribution >= 4 is 26.5 Å². The number of rotatable bonds is 6. The Hall–Kier alpha value is -1.82. The number of allylic oxidation sites excluding steroid dienone is 1. The molecule has 1 heterocycles. The zero-order valence-corrected chi connectivity index (χ0v) is 19.8. The summed E-state index contributed by atoms with van der Waals surface area (Å²) in [6, 6.07) is 20.0. The summed E-state index contributed by atoms with van der Waals surface area (Å²) >= 11 is 0. The van der Waals surface area contributed by atoms with Gasteiger partial charge in [0, 0.05) is 0 Å². The third-order valence-corrected chi connectivity index (χ3v) is 9.41. The highest BCUT2D eigenvalue weighted by molar-refractivity contribution is 6.91. The lowest BCUT2D eigenvalue weighted by molar-refractivity contribution is 0.00578. The Bertz CT molecular complexity index is 841. The normalized spacial score (nSPS) is 18.7. The molecule has 154 valence electrons. The van der Waals surface area contributed by atoms with Gasteiger partial charge in [0.1, 0.15) is 5.75 Å². The maximum absolute atomic E-state index is 6.43. The molecule has 29 heavy (non-hydrogen) atoms. The molecule has 1 aliphatic heterocycles. The molecule has 0 aromatic heterocycles. The number of methoxy groups -OCH3 is 1. The van der Waals surface area contributed by atoms with Gasteiger partial charge < -0.3 is 14.0 Å². The van der Waals surface area contributed by atoms with Crippen molar-refractivity contribution in [2.45, 2.75) is 58.0 Å². The van der Waals surface area contributed by atoms with Gasteiger partial charge in [0.25, 0.3) is 0 Å². The maximum atomic E-state index is 6.43. The van der Waals surface area contributed by atoms with Crippen LogP contribution in [0, 0.1) is 0 Å². The first-order chi connectivity index (χ1) is 13.5. The largest absolute Gasteiger partial charge is 0.497 e. The quantitative estimate of drug-likeness (QED) is 0.605. The van der Waals surface area contributed by atoms with Crippen LogP contribution >= 0.6 is 0 Å². The maximum Gasteiger partial charge on any atom is 0.490 e. The third kappa shape index (κ3) is 4.85. The van der Waals surface area contributed by atoms with Crippen molar-refractivity contribution in [2.24, 2.45) is 0 Å². The first-order valence-corrected chi connectivity index (χ1v) is 13.5. The Morgan fingerprint density at radius 1 is 0.931 bits per heavy atom. The molecular weight excluding hydrogens is 375 g/mol. The van der Waals surface area contributed by atoms with Crippen LogP contribution in [0.3, 0.4) is 0 Å². The number of ether oxygens (including phenoxy) is 1. The van der Waals surface area contributed by atoms with Crippen molar-refractivity contribution in [3.63, 3.8) is 0 Å². The Kier molecular flexibility index (Phi) is 6.14. The van der Waals surface area contributed by atoms with Crippen LogP contribution < -0.4 is 9.92 Å². The van der Waals surface area contributed by atoms with Crippen LogP contribution in [0.25, 0.3) is 6.08 Å². The van der Waals surface area contributed by atoms with Crippen molar-refractivity contribution in [1.29, 1.82) is 0 Å². The molecule has 0 unspecified atom stereocenters. The molecule has 0 saturated carbocycles. The molecule has 2 aromatic carbocycles. The summed E-state index contributed by atoms with van der Waals surface area (Å²) < 4.78 is 18.2. The molecular formula is C24H33BO3Si. The Morgan fingerprint density at radius 2 is 1.48 bits per heavy atom. The SMILES string of the molecule is COc1ccc(C=C(C[Si](C)(C)c2ccccc2)B2OC(C)(C)C(C)(C)O2)cc1. The number of benzene rings is 2. The summed E-state index contributed by atoms with van der Waals surface area (Å²) in [4.78, 5) is 0. The molecule has 5 heteroatoms. The molecule has 0 spiro atoms. The highest BCUT2D eigenvalue weighted by Gasteiger charge is 2.52. The monoisotopic (exact) mass is 408 g/mol. The van der Waals surface area contributed by atoms with Gasteiger partial charge in [0.2, 0.25) is 0 Å². The highest BCUT2D eigenvalue weighted by Crippen LogP contribution is 2.40. The summed E-state index contributed by atoms with van der Waals surface area (Å²) in [7, 11) is -0.374. The van der Waals surface area contributed by atoms with Gasteiger partial charge >= 0.3 is 7.12 Å². The predicted octanol–water partition coefficient (Wildman–Crippen LogP) is 5.33. The second-order valence-electron chi connectivity index (χ2n) is 9.51. The third-order valence-electron chi connectivity index (χ3n) is 6.23. The van der Waals surface area contributed by atoms with Gasteiger partial charge in [-0.25, -0.2) is 0 Å². The molecule has 3 rings (SSSR count). The number of hydrogen-bond donors (Lipinski definition) is 0. The lowest BCUT2D eigenvalue weighted by Gasteiger charge is -2.32. The molecule has 0 N–H and O–H groups in total. The lowest BCUT2D eigenvalue weighted by Crippen LogP contribution is -2.43. The summed E-state index contributed by atoms with van der Waals surface area (Å²) in [5.74, 6) is 0.860. The molecule has 0 bridgehead atoms. The van der Waals surface area contributed by atoms with Crippen molar-refractivity contribution in [3.8, 4) is 5.75 Å². The number of hydrogen-bond acceptors (Lipinski definition) is 3. The second-order valence-corrected chi connectivity index (χ2v) is 14.2. The van der Waals surface area contributed by atoms with E-state index in [0.717, 1.165) is 17.4 Å². The van der Waals surface area contributed by atoms with Gasteiger partial charge in [0.05, 0.1) is 26.4 Å². The van der Waals surface area contributed by atoms with E-state index in [1.807, 2.05) is 12.1 Å². The van der Waals surface area contributed by atoms with Crippen LogP contribution in [-0.2, 0) is 9.31 Å². The van der Waals surface area contributed by atoms with E-state index in [4.69, 9.17) is 14.0 Å². The molecule has 1 fully saturated rings. The molecule has 1 aliphatic rings. The summed E-state index contributed by atoms with van der Waals surface area (Å²) in [5, 5.41) is 1.44. The van der Waals surface area contributed by atoms with Crippen LogP contribution in [0.15, 0.2) is 60.1 Å². The van der Waals surface area contributed by atoms with Crippen LogP contribution in [0.2, 0.25) is 19.1 Å². The molecule has 0 aliphatic carbocycles. The van der Waals surface area contributed by atoms with E-state index in [0.29, 0.717) is 0 Å². The summed E-state index contributed by atoms with van der Waals surface area (Å²) in [6.07, 6.45) is 2.24. The fraction of sp³-hybridized carbons (Fsp3) is 0.417. The first kappa shape index (κ1) is 21.9. The average Bonchev–Trinajstić information content (AvgIpc) is 2.90. The van der Waals surface area contributed by atoms with Crippen LogP contribution in [-0.4, -0.2) is 33.5 Å². The van der Waals surface area contributed by atoms with E-state index in [1.54, 1.807) is 7.11 Å². The van der Waals surface area contributed by atoms with Crippen LogP contribution in [0.4, 0.5) is 0 Å². The molecule has 0 radical (unpaired) electrons. The van der Waals surface area contributed by atoms with Gasteiger partial charge in [-0.15, -0.1) is 0 Å². The Morgan fingerprint density at radius 3 is 2.00 bits per heavy atom. The summed E-state index contributed by atoms with van der Waals surface area (Å²) in [5.41, 5.74) is 1.63. The van der Waals surface area contributed by atoms with Gasteiger partial charge in [-0.3, -0.25) is 0 Å².